The number of carbonyl (C=O) groups is 3. The second-order valence-corrected chi connectivity index (χ2v) is 8.80. The quantitative estimate of drug-likeness (QED) is 0.807. The lowest BCUT2D eigenvalue weighted by atomic mass is 10.0. The summed E-state index contributed by atoms with van der Waals surface area (Å²) in [6.45, 7) is 3.88. The molecule has 1 unspecified atom stereocenters. The van der Waals surface area contributed by atoms with E-state index in [1.54, 1.807) is 4.90 Å². The van der Waals surface area contributed by atoms with Gasteiger partial charge in [-0.2, -0.15) is 0 Å². The van der Waals surface area contributed by atoms with Crippen LogP contribution in [0, 0.1) is 12.8 Å². The Morgan fingerprint density at radius 1 is 0.969 bits per heavy atom. The summed E-state index contributed by atoms with van der Waals surface area (Å²) in [6, 6.07) is 17.1. The average Bonchev–Trinajstić information content (AvgIpc) is 3.64. The third-order valence-electron chi connectivity index (χ3n) is 6.23. The topological polar surface area (TPSA) is 69.7 Å². The SMILES string of the molecule is Cc1cccc(C(=O)N2CCCN(C(=O)C3CC3)C(c3ccccc3)CC(=O)NCC2)c1. The smallest absolute Gasteiger partial charge is 0.253 e. The molecule has 1 aliphatic carbocycles. The van der Waals surface area contributed by atoms with Gasteiger partial charge in [0.25, 0.3) is 5.91 Å². The van der Waals surface area contributed by atoms with Crippen LogP contribution in [0.3, 0.4) is 0 Å². The summed E-state index contributed by atoms with van der Waals surface area (Å²) in [6.07, 6.45) is 2.74. The number of amides is 3. The van der Waals surface area contributed by atoms with Gasteiger partial charge in [-0.05, 0) is 43.9 Å². The van der Waals surface area contributed by atoms with Gasteiger partial charge in [0.15, 0.2) is 0 Å². The molecule has 168 valence electrons. The highest BCUT2D eigenvalue weighted by Crippen LogP contribution is 2.35. The Morgan fingerprint density at radius 3 is 2.47 bits per heavy atom. The van der Waals surface area contributed by atoms with Crippen LogP contribution in [-0.4, -0.2) is 53.7 Å². The van der Waals surface area contributed by atoms with Crippen LogP contribution >= 0.6 is 0 Å². The Kier molecular flexibility index (Phi) is 6.88. The van der Waals surface area contributed by atoms with Crippen LogP contribution in [0.15, 0.2) is 54.6 Å². The molecule has 0 radical (unpaired) electrons. The number of nitrogens with zero attached hydrogens (tertiary/aromatic N) is 2. The van der Waals surface area contributed by atoms with Gasteiger partial charge in [0.1, 0.15) is 0 Å². The summed E-state index contributed by atoms with van der Waals surface area (Å²) in [7, 11) is 0. The van der Waals surface area contributed by atoms with Crippen LogP contribution in [0.5, 0.6) is 0 Å². The lowest BCUT2D eigenvalue weighted by Crippen LogP contribution is -2.39. The van der Waals surface area contributed by atoms with Crippen molar-refractivity contribution in [1.82, 2.24) is 15.1 Å². The molecule has 0 bridgehead atoms. The molecule has 2 aliphatic rings. The summed E-state index contributed by atoms with van der Waals surface area (Å²) in [4.78, 5) is 42.8. The fourth-order valence-corrected chi connectivity index (χ4v) is 4.35. The van der Waals surface area contributed by atoms with Crippen molar-refractivity contribution in [3.8, 4) is 0 Å². The van der Waals surface area contributed by atoms with Crippen molar-refractivity contribution in [1.29, 1.82) is 0 Å². The predicted molar refractivity (Wildman–Crippen MR) is 123 cm³/mol. The maximum absolute atomic E-state index is 13.2. The molecule has 1 saturated heterocycles. The van der Waals surface area contributed by atoms with E-state index in [9.17, 15) is 14.4 Å². The van der Waals surface area contributed by atoms with Gasteiger partial charge in [0.05, 0.1) is 12.5 Å². The van der Waals surface area contributed by atoms with Crippen LogP contribution in [0.2, 0.25) is 0 Å². The van der Waals surface area contributed by atoms with Gasteiger partial charge in [0, 0.05) is 37.7 Å². The van der Waals surface area contributed by atoms with Gasteiger partial charge in [-0.15, -0.1) is 0 Å². The summed E-state index contributed by atoms with van der Waals surface area (Å²) in [5, 5.41) is 2.96. The van der Waals surface area contributed by atoms with Crippen molar-refractivity contribution in [2.45, 2.75) is 38.6 Å². The lowest BCUT2D eigenvalue weighted by Gasteiger charge is -2.32. The Hall–Kier alpha value is -3.15. The van der Waals surface area contributed by atoms with Gasteiger partial charge >= 0.3 is 0 Å². The molecule has 1 aliphatic heterocycles. The maximum atomic E-state index is 13.2. The summed E-state index contributed by atoms with van der Waals surface area (Å²) >= 11 is 0. The molecule has 32 heavy (non-hydrogen) atoms. The number of hydrogen-bond acceptors (Lipinski definition) is 3. The highest BCUT2D eigenvalue weighted by molar-refractivity contribution is 5.94. The number of hydrogen-bond donors (Lipinski definition) is 1. The molecule has 2 fully saturated rings. The summed E-state index contributed by atoms with van der Waals surface area (Å²) in [5.41, 5.74) is 2.66. The van der Waals surface area contributed by atoms with Gasteiger partial charge < -0.3 is 15.1 Å². The zero-order valence-corrected chi connectivity index (χ0v) is 18.6. The summed E-state index contributed by atoms with van der Waals surface area (Å²) in [5.74, 6) is 0.0565. The molecular weight excluding hydrogens is 402 g/mol. The van der Waals surface area contributed by atoms with Crippen molar-refractivity contribution >= 4 is 17.7 Å². The first kappa shape index (κ1) is 22.1. The molecule has 2 aromatic rings. The van der Waals surface area contributed by atoms with Gasteiger partial charge in [-0.3, -0.25) is 14.4 Å². The van der Waals surface area contributed by atoms with Crippen molar-refractivity contribution in [2.75, 3.05) is 26.2 Å². The highest BCUT2D eigenvalue weighted by Gasteiger charge is 2.37. The Morgan fingerprint density at radius 2 is 1.75 bits per heavy atom. The second kappa shape index (κ2) is 9.98. The van der Waals surface area contributed by atoms with E-state index in [4.69, 9.17) is 0 Å². The number of aryl methyl sites for hydroxylation is 1. The monoisotopic (exact) mass is 433 g/mol. The van der Waals surface area contributed by atoms with E-state index in [0.717, 1.165) is 24.0 Å². The zero-order valence-electron chi connectivity index (χ0n) is 18.6. The minimum atomic E-state index is -0.289. The Bertz CT molecular complexity index is 971. The predicted octanol–water partition coefficient (Wildman–Crippen LogP) is 3.33. The number of rotatable bonds is 3. The van der Waals surface area contributed by atoms with Crippen molar-refractivity contribution in [2.24, 2.45) is 5.92 Å². The van der Waals surface area contributed by atoms with Crippen LogP contribution in [0.1, 0.15) is 53.2 Å². The van der Waals surface area contributed by atoms with Gasteiger partial charge in [-0.25, -0.2) is 0 Å². The minimum absolute atomic E-state index is 0.0399. The van der Waals surface area contributed by atoms with Crippen LogP contribution in [-0.2, 0) is 9.59 Å². The Balaban J connectivity index is 1.56. The van der Waals surface area contributed by atoms with Crippen LogP contribution in [0.25, 0.3) is 0 Å². The molecule has 1 saturated carbocycles. The lowest BCUT2D eigenvalue weighted by molar-refractivity contribution is -0.136. The van der Waals surface area contributed by atoms with Gasteiger partial charge in [-0.1, -0.05) is 48.0 Å². The summed E-state index contributed by atoms with van der Waals surface area (Å²) < 4.78 is 0. The number of benzene rings is 2. The molecule has 0 aromatic heterocycles. The van der Waals surface area contributed by atoms with E-state index in [2.05, 4.69) is 5.32 Å². The molecule has 3 amide bonds. The number of carbonyl (C=O) groups excluding carboxylic acids is 3. The molecule has 0 spiro atoms. The fraction of sp³-hybridized carbons (Fsp3) is 0.423. The first-order valence-corrected chi connectivity index (χ1v) is 11.5. The molecule has 1 N–H and O–H groups in total. The highest BCUT2D eigenvalue weighted by atomic mass is 16.2. The maximum Gasteiger partial charge on any atom is 0.253 e. The van der Waals surface area contributed by atoms with E-state index < -0.39 is 0 Å². The van der Waals surface area contributed by atoms with Gasteiger partial charge in [0.2, 0.25) is 11.8 Å². The van der Waals surface area contributed by atoms with E-state index in [0.29, 0.717) is 38.2 Å². The second-order valence-electron chi connectivity index (χ2n) is 8.80. The molecule has 2 aromatic carbocycles. The minimum Gasteiger partial charge on any atom is -0.354 e. The van der Waals surface area contributed by atoms with Crippen LogP contribution in [0.4, 0.5) is 0 Å². The third-order valence-corrected chi connectivity index (χ3v) is 6.23. The average molecular weight is 434 g/mol. The first-order chi connectivity index (χ1) is 15.5. The molecule has 6 nitrogen and oxygen atoms in total. The van der Waals surface area contributed by atoms with E-state index in [1.807, 2.05) is 66.4 Å². The number of nitrogens with one attached hydrogen (secondary N) is 1. The molecule has 1 heterocycles. The van der Waals surface area contributed by atoms with Crippen molar-refractivity contribution in [3.63, 3.8) is 0 Å². The molecule has 1 atom stereocenters. The van der Waals surface area contributed by atoms with Crippen molar-refractivity contribution in [3.05, 3.63) is 71.3 Å². The first-order valence-electron chi connectivity index (χ1n) is 11.5. The van der Waals surface area contributed by atoms with Crippen LogP contribution < -0.4 is 5.32 Å². The van der Waals surface area contributed by atoms with Crippen molar-refractivity contribution < 1.29 is 14.4 Å². The molecule has 4 rings (SSSR count). The largest absolute Gasteiger partial charge is 0.354 e. The van der Waals surface area contributed by atoms with E-state index in [1.165, 1.54) is 0 Å². The Labute approximate surface area is 189 Å². The molecular formula is C26H31N3O3. The fourth-order valence-electron chi connectivity index (χ4n) is 4.35. The van der Waals surface area contributed by atoms with E-state index >= 15 is 0 Å². The third kappa shape index (κ3) is 5.36. The standard InChI is InChI=1S/C26H31N3O3/c1-19-7-5-10-22(17-19)25(31)28-14-6-15-29(26(32)21-11-12-21)23(18-24(30)27-13-16-28)20-8-3-2-4-9-20/h2-5,7-10,17,21,23H,6,11-16,18H2,1H3,(H,27,30). The zero-order chi connectivity index (χ0) is 22.5. The normalized spacial score (nSPS) is 20.3. The molecule has 6 heteroatoms. The van der Waals surface area contributed by atoms with E-state index in [-0.39, 0.29) is 36.1 Å².